The Morgan fingerprint density at radius 1 is 1.28 bits per heavy atom. The molecule has 0 atom stereocenters. The molecular formula is C15H13O3. The van der Waals surface area contributed by atoms with Crippen LogP contribution in [0.4, 0.5) is 0 Å². The summed E-state index contributed by atoms with van der Waals surface area (Å²) in [7, 11) is 1.45. The van der Waals surface area contributed by atoms with E-state index in [1.54, 1.807) is 12.1 Å². The summed E-state index contributed by atoms with van der Waals surface area (Å²) in [6, 6.07) is 4.53. The monoisotopic (exact) mass is 241 g/mol. The molecule has 1 saturated carbocycles. The zero-order valence-corrected chi connectivity index (χ0v) is 9.96. The summed E-state index contributed by atoms with van der Waals surface area (Å²) in [5, 5.41) is 9.44. The molecule has 0 saturated heterocycles. The average Bonchev–Trinajstić information content (AvgIpc) is 2.89. The van der Waals surface area contributed by atoms with E-state index in [9.17, 15) is 9.90 Å². The Labute approximate surface area is 107 Å². The van der Waals surface area contributed by atoms with Crippen LogP contribution in [-0.2, 0) is 0 Å². The number of hydrogen-bond acceptors (Lipinski definition) is 3. The van der Waals surface area contributed by atoms with Crippen LogP contribution in [0.3, 0.4) is 0 Å². The molecule has 3 heteroatoms. The molecule has 2 rings (SSSR count). The van der Waals surface area contributed by atoms with Gasteiger partial charge in [0.25, 0.3) is 0 Å². The third-order valence-corrected chi connectivity index (χ3v) is 2.58. The fraction of sp³-hybridized carbons (Fsp3) is 0.0667. The topological polar surface area (TPSA) is 46.5 Å². The molecule has 0 amide bonds. The summed E-state index contributed by atoms with van der Waals surface area (Å²) in [6.45, 7) is 0. The summed E-state index contributed by atoms with van der Waals surface area (Å²) in [5.41, 5.74) is 0.479. The van der Waals surface area contributed by atoms with Gasteiger partial charge in [0.1, 0.15) is 0 Å². The number of rotatable bonds is 4. The normalized spacial score (nSPS) is 16.3. The van der Waals surface area contributed by atoms with Gasteiger partial charge in [-0.3, -0.25) is 4.79 Å². The van der Waals surface area contributed by atoms with Gasteiger partial charge in [0.15, 0.2) is 17.3 Å². The molecule has 0 heterocycles. The molecule has 1 aromatic carbocycles. The standard InChI is InChI=1S/C15H13O3/c1-18-15-10-12(7-9-14(15)17)13(16)8-6-11-4-2-3-5-11/h2-10,17H,1H3/b8-6+. The lowest BCUT2D eigenvalue weighted by Crippen LogP contribution is -1.97. The lowest BCUT2D eigenvalue weighted by atomic mass is 10.0. The highest BCUT2D eigenvalue weighted by atomic mass is 16.5. The van der Waals surface area contributed by atoms with Gasteiger partial charge >= 0.3 is 0 Å². The third-order valence-electron chi connectivity index (χ3n) is 2.58. The van der Waals surface area contributed by atoms with Crippen LogP contribution in [0.1, 0.15) is 10.4 Å². The first-order valence-electron chi connectivity index (χ1n) is 5.52. The van der Waals surface area contributed by atoms with Crippen LogP contribution in [0.5, 0.6) is 11.5 Å². The third kappa shape index (κ3) is 2.92. The van der Waals surface area contributed by atoms with E-state index in [1.165, 1.54) is 25.3 Å². The summed E-state index contributed by atoms with van der Waals surface area (Å²) >= 11 is 0. The predicted molar refractivity (Wildman–Crippen MR) is 68.6 cm³/mol. The van der Waals surface area contributed by atoms with Gasteiger partial charge in [0.2, 0.25) is 0 Å². The molecule has 91 valence electrons. The summed E-state index contributed by atoms with van der Waals surface area (Å²) in [6.07, 6.45) is 10.9. The minimum atomic E-state index is -0.130. The first-order valence-corrected chi connectivity index (χ1v) is 5.52. The minimum absolute atomic E-state index is 0.0223. The number of phenolic OH excluding ortho intramolecular Hbond substituents is 1. The van der Waals surface area contributed by atoms with Gasteiger partial charge in [0, 0.05) is 11.5 Å². The van der Waals surface area contributed by atoms with Gasteiger partial charge < -0.3 is 9.84 Å². The number of allylic oxidation sites excluding steroid dienone is 2. The average molecular weight is 241 g/mol. The van der Waals surface area contributed by atoms with E-state index >= 15 is 0 Å². The molecule has 1 N–H and O–H groups in total. The Morgan fingerprint density at radius 2 is 2.00 bits per heavy atom. The van der Waals surface area contributed by atoms with Crippen molar-refractivity contribution in [2.75, 3.05) is 7.11 Å². The molecule has 0 unspecified atom stereocenters. The molecule has 18 heavy (non-hydrogen) atoms. The second-order valence-corrected chi connectivity index (χ2v) is 3.80. The first-order chi connectivity index (χ1) is 8.70. The maximum Gasteiger partial charge on any atom is 0.185 e. The Balaban J connectivity index is 2.08. The van der Waals surface area contributed by atoms with Gasteiger partial charge in [-0.15, -0.1) is 0 Å². The van der Waals surface area contributed by atoms with Crippen LogP contribution in [0.2, 0.25) is 0 Å². The number of phenols is 1. The summed E-state index contributed by atoms with van der Waals surface area (Å²) in [4.78, 5) is 11.9. The number of ketones is 1. The predicted octanol–water partition coefficient (Wildman–Crippen LogP) is 2.54. The van der Waals surface area contributed by atoms with E-state index < -0.39 is 0 Å². The zero-order valence-electron chi connectivity index (χ0n) is 9.96. The van der Waals surface area contributed by atoms with E-state index in [2.05, 4.69) is 0 Å². The number of carbonyl (C=O) groups excluding carboxylic acids is 1. The lowest BCUT2D eigenvalue weighted by Gasteiger charge is -2.04. The molecule has 5 radical (unpaired) electrons. The molecule has 3 nitrogen and oxygen atoms in total. The number of aromatic hydroxyl groups is 1. The minimum Gasteiger partial charge on any atom is -0.504 e. The van der Waals surface area contributed by atoms with Gasteiger partial charge in [-0.25, -0.2) is 0 Å². The van der Waals surface area contributed by atoms with Crippen LogP contribution in [0.15, 0.2) is 30.4 Å². The quantitative estimate of drug-likeness (QED) is 0.651. The highest BCUT2D eigenvalue weighted by Gasteiger charge is 2.14. The van der Waals surface area contributed by atoms with E-state index in [0.29, 0.717) is 11.3 Å². The van der Waals surface area contributed by atoms with Crippen molar-refractivity contribution in [3.63, 3.8) is 0 Å². The number of benzene rings is 1. The fourth-order valence-electron chi connectivity index (χ4n) is 1.60. The van der Waals surface area contributed by atoms with Crippen molar-refractivity contribution >= 4 is 5.78 Å². The molecule has 1 aliphatic carbocycles. The second kappa shape index (κ2) is 5.71. The lowest BCUT2D eigenvalue weighted by molar-refractivity contribution is 0.104. The van der Waals surface area contributed by atoms with E-state index in [0.717, 1.165) is 5.92 Å². The van der Waals surface area contributed by atoms with Gasteiger partial charge in [-0.1, -0.05) is 6.08 Å². The molecule has 0 aromatic heterocycles. The smallest absolute Gasteiger partial charge is 0.185 e. The fourth-order valence-corrected chi connectivity index (χ4v) is 1.60. The zero-order chi connectivity index (χ0) is 13.0. The molecule has 0 bridgehead atoms. The molecule has 0 spiro atoms. The molecule has 1 aromatic rings. The number of methoxy groups -OCH3 is 1. The number of ether oxygens (including phenoxy) is 1. The molecular weight excluding hydrogens is 228 g/mol. The van der Waals surface area contributed by atoms with Crippen molar-refractivity contribution in [1.82, 2.24) is 0 Å². The van der Waals surface area contributed by atoms with Crippen LogP contribution >= 0.6 is 0 Å². The summed E-state index contributed by atoms with van der Waals surface area (Å²) in [5.74, 6) is 1.17. The maximum absolute atomic E-state index is 11.9. The summed E-state index contributed by atoms with van der Waals surface area (Å²) < 4.78 is 4.96. The van der Waals surface area contributed by atoms with Crippen molar-refractivity contribution in [2.45, 2.75) is 0 Å². The van der Waals surface area contributed by atoms with E-state index in [1.807, 2.05) is 25.7 Å². The van der Waals surface area contributed by atoms with E-state index in [4.69, 9.17) is 4.74 Å². The van der Waals surface area contributed by atoms with Crippen LogP contribution in [0.25, 0.3) is 0 Å². The van der Waals surface area contributed by atoms with Crippen molar-refractivity contribution in [2.24, 2.45) is 0 Å². The number of hydrogen-bond donors (Lipinski definition) is 1. The van der Waals surface area contributed by atoms with Crippen LogP contribution in [-0.4, -0.2) is 18.0 Å². The Morgan fingerprint density at radius 3 is 2.67 bits per heavy atom. The SMILES string of the molecule is COc1cc(C(=O)/C=C/[C]2[CH][CH][CH][CH]2)ccc1O. The van der Waals surface area contributed by atoms with Crippen LogP contribution < -0.4 is 4.74 Å². The molecule has 1 fully saturated rings. The van der Waals surface area contributed by atoms with Crippen molar-refractivity contribution in [1.29, 1.82) is 0 Å². The first kappa shape index (κ1) is 12.7. The van der Waals surface area contributed by atoms with Gasteiger partial charge in [-0.05, 0) is 50.0 Å². The maximum atomic E-state index is 11.9. The highest BCUT2D eigenvalue weighted by molar-refractivity contribution is 6.05. The number of carbonyl (C=O) groups is 1. The Bertz CT molecular complexity index is 457. The van der Waals surface area contributed by atoms with Crippen molar-refractivity contribution < 1.29 is 14.6 Å². The second-order valence-electron chi connectivity index (χ2n) is 3.80. The Kier molecular flexibility index (Phi) is 4.03. The van der Waals surface area contributed by atoms with E-state index in [-0.39, 0.29) is 11.5 Å². The van der Waals surface area contributed by atoms with Gasteiger partial charge in [-0.2, -0.15) is 0 Å². The highest BCUT2D eigenvalue weighted by Crippen LogP contribution is 2.27. The largest absolute Gasteiger partial charge is 0.504 e. The van der Waals surface area contributed by atoms with Crippen LogP contribution in [0, 0.1) is 31.6 Å². The van der Waals surface area contributed by atoms with Crippen molar-refractivity contribution in [3.8, 4) is 11.5 Å². The van der Waals surface area contributed by atoms with Crippen molar-refractivity contribution in [3.05, 3.63) is 67.5 Å². The van der Waals surface area contributed by atoms with Gasteiger partial charge in [0.05, 0.1) is 7.11 Å². The Hall–Kier alpha value is -1.77. The molecule has 0 aliphatic heterocycles. The molecule has 1 aliphatic rings.